The molecule has 1 amide bonds. The molecule has 1 N–H and O–H groups in total. The minimum atomic E-state index is -0.565. The van der Waals surface area contributed by atoms with E-state index in [1.54, 1.807) is 4.90 Å². The standard InChI is InChI=1S/C12H19N3O4/c1-12(2,3)19-11(17)15-6-4-5-8(7-15)9-13-14-10(16)18-9/h8H,4-7H2,1-3H3,(H,14,16)/t8-/m0/s1. The second kappa shape index (κ2) is 5.07. The maximum atomic E-state index is 12.0. The Morgan fingerprint density at radius 2 is 2.26 bits per heavy atom. The van der Waals surface area contributed by atoms with Crippen molar-refractivity contribution < 1.29 is 13.9 Å². The third-order valence-corrected chi connectivity index (χ3v) is 2.88. The maximum Gasteiger partial charge on any atom is 0.434 e. The van der Waals surface area contributed by atoms with Gasteiger partial charge in [-0.2, -0.15) is 0 Å². The van der Waals surface area contributed by atoms with Crippen LogP contribution in [0.15, 0.2) is 9.21 Å². The van der Waals surface area contributed by atoms with Gasteiger partial charge in [-0.25, -0.2) is 14.7 Å². The van der Waals surface area contributed by atoms with Gasteiger partial charge < -0.3 is 14.1 Å². The van der Waals surface area contributed by atoms with Gasteiger partial charge in [0.15, 0.2) is 0 Å². The quantitative estimate of drug-likeness (QED) is 0.834. The summed E-state index contributed by atoms with van der Waals surface area (Å²) in [7, 11) is 0. The van der Waals surface area contributed by atoms with Crippen molar-refractivity contribution in [2.75, 3.05) is 13.1 Å². The number of amides is 1. The Balaban J connectivity index is 2.01. The number of aromatic nitrogens is 2. The Morgan fingerprint density at radius 1 is 1.53 bits per heavy atom. The first-order chi connectivity index (χ1) is 8.85. The molecular weight excluding hydrogens is 250 g/mol. The lowest BCUT2D eigenvalue weighted by Gasteiger charge is -2.32. The number of aromatic amines is 1. The van der Waals surface area contributed by atoms with Gasteiger partial charge in [-0.15, -0.1) is 5.10 Å². The van der Waals surface area contributed by atoms with Crippen molar-refractivity contribution in [3.8, 4) is 0 Å². The van der Waals surface area contributed by atoms with Crippen LogP contribution >= 0.6 is 0 Å². The van der Waals surface area contributed by atoms with E-state index >= 15 is 0 Å². The summed E-state index contributed by atoms with van der Waals surface area (Å²) in [5.74, 6) is -0.261. The lowest BCUT2D eigenvalue weighted by Crippen LogP contribution is -2.42. The van der Waals surface area contributed by atoms with Gasteiger partial charge in [0.25, 0.3) is 0 Å². The second-order valence-corrected chi connectivity index (χ2v) is 5.72. The summed E-state index contributed by atoms with van der Waals surface area (Å²) in [6, 6.07) is 0. The third kappa shape index (κ3) is 3.59. The highest BCUT2D eigenvalue weighted by atomic mass is 16.6. The van der Waals surface area contributed by atoms with E-state index in [2.05, 4.69) is 10.2 Å². The van der Waals surface area contributed by atoms with E-state index in [9.17, 15) is 9.59 Å². The van der Waals surface area contributed by atoms with Crippen molar-refractivity contribution in [3.05, 3.63) is 16.4 Å². The minimum Gasteiger partial charge on any atom is -0.444 e. The van der Waals surface area contributed by atoms with Crippen molar-refractivity contribution in [1.82, 2.24) is 15.1 Å². The predicted molar refractivity (Wildman–Crippen MR) is 66.9 cm³/mol. The first-order valence-corrected chi connectivity index (χ1v) is 6.38. The minimum absolute atomic E-state index is 0.0554. The zero-order chi connectivity index (χ0) is 14.0. The fraction of sp³-hybridized carbons (Fsp3) is 0.750. The topological polar surface area (TPSA) is 88.4 Å². The second-order valence-electron chi connectivity index (χ2n) is 5.72. The summed E-state index contributed by atoms with van der Waals surface area (Å²) in [4.78, 5) is 24.6. The summed E-state index contributed by atoms with van der Waals surface area (Å²) in [5, 5.41) is 6.07. The lowest BCUT2D eigenvalue weighted by molar-refractivity contribution is 0.0190. The first-order valence-electron chi connectivity index (χ1n) is 6.38. The fourth-order valence-electron chi connectivity index (χ4n) is 2.09. The molecule has 0 radical (unpaired) electrons. The van der Waals surface area contributed by atoms with E-state index in [-0.39, 0.29) is 12.0 Å². The third-order valence-electron chi connectivity index (χ3n) is 2.88. The van der Waals surface area contributed by atoms with E-state index in [0.717, 1.165) is 12.8 Å². The molecule has 1 saturated heterocycles. The molecule has 0 spiro atoms. The molecule has 0 unspecified atom stereocenters. The van der Waals surface area contributed by atoms with Crippen LogP contribution in [0, 0.1) is 0 Å². The molecule has 2 rings (SSSR count). The van der Waals surface area contributed by atoms with Crippen LogP contribution in [0.2, 0.25) is 0 Å². The number of carbonyl (C=O) groups is 1. The van der Waals surface area contributed by atoms with Gasteiger partial charge in [-0.05, 0) is 33.6 Å². The lowest BCUT2D eigenvalue weighted by atomic mass is 9.98. The van der Waals surface area contributed by atoms with Gasteiger partial charge in [-0.3, -0.25) is 0 Å². The van der Waals surface area contributed by atoms with Crippen LogP contribution in [0.25, 0.3) is 0 Å². The molecule has 2 heterocycles. The molecule has 7 nitrogen and oxygen atoms in total. The molecule has 1 aromatic rings. The molecule has 1 aromatic heterocycles. The monoisotopic (exact) mass is 269 g/mol. The zero-order valence-electron chi connectivity index (χ0n) is 11.4. The molecule has 1 aliphatic rings. The number of likely N-dealkylation sites (tertiary alicyclic amines) is 1. The van der Waals surface area contributed by atoms with Gasteiger partial charge >= 0.3 is 11.8 Å². The number of rotatable bonds is 1. The van der Waals surface area contributed by atoms with E-state index in [0.29, 0.717) is 19.0 Å². The van der Waals surface area contributed by atoms with Crippen LogP contribution in [0.1, 0.15) is 45.4 Å². The van der Waals surface area contributed by atoms with Gasteiger partial charge in [0.2, 0.25) is 5.89 Å². The Bertz CT molecular complexity index is 500. The Hall–Kier alpha value is -1.79. The highest BCUT2D eigenvalue weighted by Gasteiger charge is 2.30. The number of H-pyrrole nitrogens is 1. The number of hydrogen-bond acceptors (Lipinski definition) is 5. The molecule has 19 heavy (non-hydrogen) atoms. The number of piperidine rings is 1. The van der Waals surface area contributed by atoms with Crippen LogP contribution in [-0.4, -0.2) is 39.9 Å². The largest absolute Gasteiger partial charge is 0.444 e. The zero-order valence-corrected chi connectivity index (χ0v) is 11.4. The van der Waals surface area contributed by atoms with E-state index in [4.69, 9.17) is 9.15 Å². The summed E-state index contributed by atoms with van der Waals surface area (Å²) >= 11 is 0. The Morgan fingerprint density at radius 3 is 2.84 bits per heavy atom. The molecule has 0 bridgehead atoms. The fourth-order valence-corrected chi connectivity index (χ4v) is 2.09. The SMILES string of the molecule is CC(C)(C)OC(=O)N1CCC[C@H](c2n[nH]c(=O)o2)C1. The molecule has 0 aromatic carbocycles. The van der Waals surface area contributed by atoms with Crippen LogP contribution in [-0.2, 0) is 4.74 Å². The van der Waals surface area contributed by atoms with Crippen LogP contribution in [0.3, 0.4) is 0 Å². The normalized spacial score (nSPS) is 20.4. The van der Waals surface area contributed by atoms with Crippen molar-refractivity contribution >= 4 is 6.09 Å². The Kier molecular flexibility index (Phi) is 3.64. The van der Waals surface area contributed by atoms with Gasteiger partial charge in [0, 0.05) is 13.1 Å². The molecule has 7 heteroatoms. The van der Waals surface area contributed by atoms with E-state index < -0.39 is 11.4 Å². The van der Waals surface area contributed by atoms with Crippen molar-refractivity contribution in [2.45, 2.75) is 45.1 Å². The van der Waals surface area contributed by atoms with Crippen LogP contribution in [0.5, 0.6) is 0 Å². The molecule has 0 saturated carbocycles. The van der Waals surface area contributed by atoms with E-state index in [1.165, 1.54) is 0 Å². The number of nitrogens with one attached hydrogen (secondary N) is 1. The van der Waals surface area contributed by atoms with Gasteiger partial charge in [0.05, 0.1) is 5.92 Å². The number of hydrogen-bond donors (Lipinski definition) is 1. The van der Waals surface area contributed by atoms with Crippen molar-refractivity contribution in [3.63, 3.8) is 0 Å². The smallest absolute Gasteiger partial charge is 0.434 e. The molecule has 1 aliphatic heterocycles. The van der Waals surface area contributed by atoms with Crippen molar-refractivity contribution in [1.29, 1.82) is 0 Å². The molecule has 106 valence electrons. The number of ether oxygens (including phenoxy) is 1. The number of carbonyl (C=O) groups excluding carboxylic acids is 1. The predicted octanol–water partition coefficient (Wildman–Crippen LogP) is 1.48. The highest BCUT2D eigenvalue weighted by molar-refractivity contribution is 5.68. The van der Waals surface area contributed by atoms with E-state index in [1.807, 2.05) is 20.8 Å². The number of nitrogens with zero attached hydrogens (tertiary/aromatic N) is 2. The summed E-state index contributed by atoms with van der Waals surface area (Å²) < 4.78 is 10.3. The maximum absolute atomic E-state index is 12.0. The average Bonchev–Trinajstić information content (AvgIpc) is 2.74. The molecule has 1 fully saturated rings. The first kappa shape index (κ1) is 13.6. The Labute approximate surface area is 110 Å². The average molecular weight is 269 g/mol. The summed E-state index contributed by atoms with van der Waals surface area (Å²) in [6.07, 6.45) is 1.34. The molecule has 0 aliphatic carbocycles. The van der Waals surface area contributed by atoms with Crippen molar-refractivity contribution in [2.24, 2.45) is 0 Å². The summed E-state index contributed by atoms with van der Waals surface area (Å²) in [6.45, 7) is 6.61. The highest BCUT2D eigenvalue weighted by Crippen LogP contribution is 2.25. The van der Waals surface area contributed by atoms with Gasteiger partial charge in [0.1, 0.15) is 5.60 Å². The van der Waals surface area contributed by atoms with Gasteiger partial charge in [-0.1, -0.05) is 0 Å². The van der Waals surface area contributed by atoms with Crippen LogP contribution < -0.4 is 5.76 Å². The summed E-state index contributed by atoms with van der Waals surface area (Å²) in [5.41, 5.74) is -0.511. The van der Waals surface area contributed by atoms with Crippen LogP contribution in [0.4, 0.5) is 4.79 Å². The molecular formula is C12H19N3O4. The molecule has 1 atom stereocenters.